The van der Waals surface area contributed by atoms with Gasteiger partial charge in [0.05, 0.1) is 11.6 Å². The standard InChI is InChI=1S/C17H17ClFNO3/c1-2-23-17(22)16(12-4-3-5-13(21)9-12)20-10-11-6-7-14(18)15(19)8-11/h3-9,16,20-21H,2,10H2,1H3/t16-/m0/s1. The molecule has 0 amide bonds. The van der Waals surface area contributed by atoms with E-state index in [1.54, 1.807) is 25.1 Å². The van der Waals surface area contributed by atoms with Gasteiger partial charge in [0.15, 0.2) is 0 Å². The zero-order valence-electron chi connectivity index (χ0n) is 12.6. The molecule has 0 heterocycles. The van der Waals surface area contributed by atoms with Crippen molar-refractivity contribution in [3.05, 3.63) is 64.4 Å². The Bertz CT molecular complexity index is 693. The molecule has 0 unspecified atom stereocenters. The SMILES string of the molecule is CCOC(=O)[C@@H](NCc1ccc(Cl)c(F)c1)c1cccc(O)c1. The molecule has 23 heavy (non-hydrogen) atoms. The number of esters is 1. The topological polar surface area (TPSA) is 58.6 Å². The average molecular weight is 338 g/mol. The second-order valence-electron chi connectivity index (χ2n) is 4.91. The molecule has 2 aromatic rings. The summed E-state index contributed by atoms with van der Waals surface area (Å²) in [5.74, 6) is -0.931. The monoisotopic (exact) mass is 337 g/mol. The summed E-state index contributed by atoms with van der Waals surface area (Å²) in [5.41, 5.74) is 1.21. The second-order valence-corrected chi connectivity index (χ2v) is 5.32. The van der Waals surface area contributed by atoms with Crippen LogP contribution in [0.4, 0.5) is 4.39 Å². The van der Waals surface area contributed by atoms with Crippen LogP contribution in [0.1, 0.15) is 24.1 Å². The minimum Gasteiger partial charge on any atom is -0.508 e. The number of hydrogen-bond acceptors (Lipinski definition) is 4. The number of aromatic hydroxyl groups is 1. The van der Waals surface area contributed by atoms with E-state index in [0.717, 1.165) is 0 Å². The van der Waals surface area contributed by atoms with Crippen LogP contribution in [0.2, 0.25) is 5.02 Å². The third-order valence-corrected chi connectivity index (χ3v) is 3.53. The lowest BCUT2D eigenvalue weighted by Crippen LogP contribution is -2.30. The molecular weight excluding hydrogens is 321 g/mol. The lowest BCUT2D eigenvalue weighted by Gasteiger charge is -2.18. The Morgan fingerprint density at radius 3 is 2.78 bits per heavy atom. The van der Waals surface area contributed by atoms with Gasteiger partial charge in [-0.05, 0) is 42.3 Å². The van der Waals surface area contributed by atoms with Crippen LogP contribution >= 0.6 is 11.6 Å². The molecule has 0 aliphatic carbocycles. The van der Waals surface area contributed by atoms with Crippen LogP contribution in [0.15, 0.2) is 42.5 Å². The number of phenolic OH excluding ortho intramolecular Hbond substituents is 1. The smallest absolute Gasteiger partial charge is 0.327 e. The number of benzene rings is 2. The van der Waals surface area contributed by atoms with Gasteiger partial charge in [-0.25, -0.2) is 9.18 Å². The van der Waals surface area contributed by atoms with Crippen molar-refractivity contribution in [3.8, 4) is 5.75 Å². The van der Waals surface area contributed by atoms with E-state index in [4.69, 9.17) is 16.3 Å². The van der Waals surface area contributed by atoms with E-state index in [9.17, 15) is 14.3 Å². The minimum atomic E-state index is -0.763. The molecule has 2 N–H and O–H groups in total. The number of hydrogen-bond donors (Lipinski definition) is 2. The van der Waals surface area contributed by atoms with E-state index in [-0.39, 0.29) is 23.9 Å². The molecule has 4 nitrogen and oxygen atoms in total. The Hall–Kier alpha value is -2.11. The summed E-state index contributed by atoms with van der Waals surface area (Å²) in [6.45, 7) is 2.20. The van der Waals surface area contributed by atoms with E-state index in [0.29, 0.717) is 11.1 Å². The minimum absolute atomic E-state index is 0.0451. The highest BCUT2D eigenvalue weighted by Crippen LogP contribution is 2.21. The summed E-state index contributed by atoms with van der Waals surface area (Å²) in [5, 5.41) is 12.6. The van der Waals surface area contributed by atoms with Crippen molar-refractivity contribution in [2.75, 3.05) is 6.61 Å². The number of carbonyl (C=O) groups is 1. The average Bonchev–Trinajstić information content (AvgIpc) is 2.51. The van der Waals surface area contributed by atoms with Crippen LogP contribution in [-0.2, 0) is 16.1 Å². The summed E-state index contributed by atoms with van der Waals surface area (Å²) in [7, 11) is 0. The molecule has 0 aromatic heterocycles. The summed E-state index contributed by atoms with van der Waals surface area (Å²) in [6.07, 6.45) is 0. The van der Waals surface area contributed by atoms with Crippen LogP contribution in [-0.4, -0.2) is 17.7 Å². The fourth-order valence-corrected chi connectivity index (χ4v) is 2.25. The Balaban J connectivity index is 2.17. The zero-order valence-corrected chi connectivity index (χ0v) is 13.3. The van der Waals surface area contributed by atoms with Crippen LogP contribution < -0.4 is 5.32 Å². The highest BCUT2D eigenvalue weighted by Gasteiger charge is 2.22. The molecule has 0 fully saturated rings. The third kappa shape index (κ3) is 4.68. The summed E-state index contributed by atoms with van der Waals surface area (Å²) >= 11 is 5.65. The molecule has 0 radical (unpaired) electrons. The number of phenols is 1. The van der Waals surface area contributed by atoms with Crippen molar-refractivity contribution in [3.63, 3.8) is 0 Å². The molecule has 0 aliphatic heterocycles. The normalized spacial score (nSPS) is 12.0. The second kappa shape index (κ2) is 7.94. The lowest BCUT2D eigenvalue weighted by molar-refractivity contribution is -0.145. The van der Waals surface area contributed by atoms with E-state index < -0.39 is 17.8 Å². The summed E-state index contributed by atoms with van der Waals surface area (Å²) in [6, 6.07) is 10.0. The van der Waals surface area contributed by atoms with Gasteiger partial charge in [-0.15, -0.1) is 0 Å². The first-order chi connectivity index (χ1) is 11.0. The fourth-order valence-electron chi connectivity index (χ4n) is 2.14. The Kier molecular flexibility index (Phi) is 5.96. The highest BCUT2D eigenvalue weighted by atomic mass is 35.5. The van der Waals surface area contributed by atoms with E-state index >= 15 is 0 Å². The number of carbonyl (C=O) groups excluding carboxylic acids is 1. The Morgan fingerprint density at radius 1 is 1.35 bits per heavy atom. The Labute approximate surface area is 138 Å². The van der Waals surface area contributed by atoms with Gasteiger partial charge in [-0.3, -0.25) is 5.32 Å². The third-order valence-electron chi connectivity index (χ3n) is 3.22. The predicted octanol–water partition coefficient (Wildman–Crippen LogP) is 3.58. The molecular formula is C17H17ClFNO3. The van der Waals surface area contributed by atoms with Crippen LogP contribution in [0.25, 0.3) is 0 Å². The number of ether oxygens (including phenoxy) is 1. The largest absolute Gasteiger partial charge is 0.508 e. The number of halogens is 2. The van der Waals surface area contributed by atoms with Crippen LogP contribution in [0.5, 0.6) is 5.75 Å². The van der Waals surface area contributed by atoms with Gasteiger partial charge in [-0.2, -0.15) is 0 Å². The number of rotatable bonds is 6. The fraction of sp³-hybridized carbons (Fsp3) is 0.235. The van der Waals surface area contributed by atoms with Crippen molar-refractivity contribution in [1.82, 2.24) is 5.32 Å². The molecule has 0 spiro atoms. The van der Waals surface area contributed by atoms with Crippen molar-refractivity contribution in [2.24, 2.45) is 0 Å². The van der Waals surface area contributed by atoms with E-state index in [1.165, 1.54) is 24.3 Å². The van der Waals surface area contributed by atoms with Crippen molar-refractivity contribution in [2.45, 2.75) is 19.5 Å². The van der Waals surface area contributed by atoms with Gasteiger partial charge in [0.2, 0.25) is 0 Å². The first kappa shape index (κ1) is 17.2. The number of nitrogens with one attached hydrogen (secondary N) is 1. The molecule has 1 atom stereocenters. The molecule has 0 saturated heterocycles. The molecule has 122 valence electrons. The first-order valence-electron chi connectivity index (χ1n) is 7.14. The molecule has 0 bridgehead atoms. The maximum absolute atomic E-state index is 13.5. The van der Waals surface area contributed by atoms with Gasteiger partial charge in [0, 0.05) is 6.54 Å². The molecule has 0 aliphatic rings. The van der Waals surface area contributed by atoms with Gasteiger partial charge in [0.1, 0.15) is 17.6 Å². The zero-order chi connectivity index (χ0) is 16.8. The van der Waals surface area contributed by atoms with E-state index in [2.05, 4.69) is 5.32 Å². The van der Waals surface area contributed by atoms with Crippen LogP contribution in [0, 0.1) is 5.82 Å². The first-order valence-corrected chi connectivity index (χ1v) is 7.52. The van der Waals surface area contributed by atoms with Crippen molar-refractivity contribution in [1.29, 1.82) is 0 Å². The van der Waals surface area contributed by atoms with Crippen molar-refractivity contribution < 1.29 is 19.0 Å². The molecule has 6 heteroatoms. The highest BCUT2D eigenvalue weighted by molar-refractivity contribution is 6.30. The molecule has 2 aromatic carbocycles. The van der Waals surface area contributed by atoms with Crippen molar-refractivity contribution >= 4 is 17.6 Å². The van der Waals surface area contributed by atoms with Gasteiger partial charge < -0.3 is 9.84 Å². The summed E-state index contributed by atoms with van der Waals surface area (Å²) in [4.78, 5) is 12.1. The predicted molar refractivity (Wildman–Crippen MR) is 85.7 cm³/mol. The lowest BCUT2D eigenvalue weighted by atomic mass is 10.1. The van der Waals surface area contributed by atoms with Crippen LogP contribution in [0.3, 0.4) is 0 Å². The molecule has 0 saturated carbocycles. The maximum atomic E-state index is 13.5. The Morgan fingerprint density at radius 2 is 2.13 bits per heavy atom. The quantitative estimate of drug-likeness (QED) is 0.791. The van der Waals surface area contributed by atoms with Gasteiger partial charge in [0.25, 0.3) is 0 Å². The van der Waals surface area contributed by atoms with E-state index in [1.807, 2.05) is 0 Å². The summed E-state index contributed by atoms with van der Waals surface area (Å²) < 4.78 is 18.5. The maximum Gasteiger partial charge on any atom is 0.327 e. The van der Waals surface area contributed by atoms with Gasteiger partial charge >= 0.3 is 5.97 Å². The molecule has 2 rings (SSSR count). The van der Waals surface area contributed by atoms with Gasteiger partial charge in [-0.1, -0.05) is 29.8 Å².